The molecule has 0 saturated carbocycles. The summed E-state index contributed by atoms with van der Waals surface area (Å²) >= 11 is 0. The van der Waals surface area contributed by atoms with Gasteiger partial charge in [-0.15, -0.1) is 0 Å². The van der Waals surface area contributed by atoms with Crippen molar-refractivity contribution in [3.05, 3.63) is 23.8 Å². The van der Waals surface area contributed by atoms with Crippen LogP contribution in [0.25, 0.3) is 0 Å². The van der Waals surface area contributed by atoms with Crippen LogP contribution >= 0.6 is 0 Å². The van der Waals surface area contributed by atoms with Crippen molar-refractivity contribution in [2.75, 3.05) is 32.1 Å². The average molecular weight is 266 g/mol. The van der Waals surface area contributed by atoms with E-state index in [-0.39, 0.29) is 6.54 Å². The maximum Gasteiger partial charge on any atom is 0.323 e. The summed E-state index contributed by atoms with van der Waals surface area (Å²) in [6.07, 6.45) is 1.09. The Morgan fingerprint density at radius 1 is 1.47 bits per heavy atom. The first-order chi connectivity index (χ1) is 9.08. The zero-order chi connectivity index (χ0) is 14.3. The number of carboxylic acids is 1. The first kappa shape index (κ1) is 15.3. The van der Waals surface area contributed by atoms with Crippen LogP contribution in [0.3, 0.4) is 0 Å². The highest BCUT2D eigenvalue weighted by atomic mass is 16.5. The van der Waals surface area contributed by atoms with Gasteiger partial charge in [-0.3, -0.25) is 4.79 Å². The molecule has 106 valence electrons. The Morgan fingerprint density at radius 2 is 2.21 bits per heavy atom. The Bertz CT molecular complexity index is 421. The Kier molecular flexibility index (Phi) is 6.15. The summed E-state index contributed by atoms with van der Waals surface area (Å²) in [7, 11) is 3.33. The molecule has 0 aromatic heterocycles. The third-order valence-corrected chi connectivity index (χ3v) is 2.78. The second kappa shape index (κ2) is 7.63. The number of anilines is 1. The SMILES string of the molecule is CCCNCc1ccc(N(C)CC(=O)O)c(OC)c1. The largest absolute Gasteiger partial charge is 0.495 e. The van der Waals surface area contributed by atoms with Gasteiger partial charge in [0.05, 0.1) is 12.8 Å². The molecule has 0 saturated heterocycles. The van der Waals surface area contributed by atoms with Gasteiger partial charge >= 0.3 is 5.97 Å². The fourth-order valence-corrected chi connectivity index (χ4v) is 1.84. The van der Waals surface area contributed by atoms with Crippen molar-refractivity contribution in [1.29, 1.82) is 0 Å². The molecule has 0 aliphatic carbocycles. The minimum Gasteiger partial charge on any atom is -0.495 e. The fraction of sp³-hybridized carbons (Fsp3) is 0.500. The third-order valence-electron chi connectivity index (χ3n) is 2.78. The van der Waals surface area contributed by atoms with Crippen LogP contribution in [0.2, 0.25) is 0 Å². The van der Waals surface area contributed by atoms with Crippen LogP contribution < -0.4 is 15.0 Å². The van der Waals surface area contributed by atoms with Gasteiger partial charge in [-0.1, -0.05) is 13.0 Å². The monoisotopic (exact) mass is 266 g/mol. The van der Waals surface area contributed by atoms with Gasteiger partial charge in [0.25, 0.3) is 0 Å². The van der Waals surface area contributed by atoms with Crippen LogP contribution in [0, 0.1) is 0 Å². The summed E-state index contributed by atoms with van der Waals surface area (Å²) in [6.45, 7) is 3.83. The van der Waals surface area contributed by atoms with Crippen molar-refractivity contribution in [1.82, 2.24) is 5.32 Å². The highest BCUT2D eigenvalue weighted by Crippen LogP contribution is 2.28. The van der Waals surface area contributed by atoms with Gasteiger partial charge in [-0.25, -0.2) is 0 Å². The predicted octanol–water partition coefficient (Wildman–Crippen LogP) is 1.72. The van der Waals surface area contributed by atoms with Crippen LogP contribution in [0.1, 0.15) is 18.9 Å². The lowest BCUT2D eigenvalue weighted by Crippen LogP contribution is -2.25. The zero-order valence-electron chi connectivity index (χ0n) is 11.8. The minimum absolute atomic E-state index is 0.0518. The van der Waals surface area contributed by atoms with Gasteiger partial charge in [0.15, 0.2) is 0 Å². The molecule has 0 spiro atoms. The summed E-state index contributed by atoms with van der Waals surface area (Å²) in [5.74, 6) is -0.169. The molecule has 1 aromatic rings. The summed E-state index contributed by atoms with van der Waals surface area (Å²) in [5, 5.41) is 12.1. The van der Waals surface area contributed by atoms with Gasteiger partial charge in [0, 0.05) is 13.6 Å². The summed E-state index contributed by atoms with van der Waals surface area (Å²) in [6, 6.07) is 5.82. The molecule has 0 aliphatic heterocycles. The van der Waals surface area contributed by atoms with Crippen molar-refractivity contribution in [3.8, 4) is 5.75 Å². The number of methoxy groups -OCH3 is 1. The van der Waals surface area contributed by atoms with E-state index in [2.05, 4.69) is 12.2 Å². The number of ether oxygens (including phenoxy) is 1. The Hall–Kier alpha value is -1.75. The molecular weight excluding hydrogens is 244 g/mol. The number of rotatable bonds is 8. The van der Waals surface area contributed by atoms with Gasteiger partial charge in [0.1, 0.15) is 12.3 Å². The lowest BCUT2D eigenvalue weighted by Gasteiger charge is -2.20. The van der Waals surface area contributed by atoms with E-state index in [1.807, 2.05) is 18.2 Å². The van der Waals surface area contributed by atoms with E-state index in [4.69, 9.17) is 9.84 Å². The molecule has 19 heavy (non-hydrogen) atoms. The number of nitrogens with one attached hydrogen (secondary N) is 1. The highest BCUT2D eigenvalue weighted by Gasteiger charge is 2.11. The minimum atomic E-state index is -0.863. The Balaban J connectivity index is 2.80. The number of hydrogen-bond acceptors (Lipinski definition) is 4. The van der Waals surface area contributed by atoms with Crippen molar-refractivity contribution >= 4 is 11.7 Å². The van der Waals surface area contributed by atoms with Gasteiger partial charge in [-0.2, -0.15) is 0 Å². The molecule has 0 aliphatic rings. The van der Waals surface area contributed by atoms with E-state index in [1.165, 1.54) is 0 Å². The molecule has 1 aromatic carbocycles. The number of benzene rings is 1. The standard InChI is InChI=1S/C14H22N2O3/c1-4-7-15-9-11-5-6-12(13(8-11)19-3)16(2)10-14(17)18/h5-6,8,15H,4,7,9-10H2,1-3H3,(H,17,18). The maximum absolute atomic E-state index is 10.7. The van der Waals surface area contributed by atoms with Crippen molar-refractivity contribution < 1.29 is 14.6 Å². The third kappa shape index (κ3) is 4.79. The van der Waals surface area contributed by atoms with Gasteiger partial charge in [0.2, 0.25) is 0 Å². The molecule has 5 heteroatoms. The first-order valence-electron chi connectivity index (χ1n) is 6.39. The maximum atomic E-state index is 10.7. The molecule has 2 N–H and O–H groups in total. The van der Waals surface area contributed by atoms with E-state index in [9.17, 15) is 4.79 Å². The highest BCUT2D eigenvalue weighted by molar-refractivity contribution is 5.75. The molecule has 0 heterocycles. The molecule has 0 unspecified atom stereocenters. The lowest BCUT2D eigenvalue weighted by molar-refractivity contribution is -0.135. The predicted molar refractivity (Wildman–Crippen MR) is 75.9 cm³/mol. The van der Waals surface area contributed by atoms with Crippen molar-refractivity contribution in [3.63, 3.8) is 0 Å². The molecule has 1 rings (SSSR count). The molecule has 0 amide bonds. The second-order valence-corrected chi connectivity index (χ2v) is 4.43. The van der Waals surface area contributed by atoms with Crippen LogP contribution in [-0.2, 0) is 11.3 Å². The average Bonchev–Trinajstić information content (AvgIpc) is 2.38. The lowest BCUT2D eigenvalue weighted by atomic mass is 10.1. The van der Waals surface area contributed by atoms with E-state index in [1.54, 1.807) is 19.1 Å². The van der Waals surface area contributed by atoms with Crippen molar-refractivity contribution in [2.45, 2.75) is 19.9 Å². The summed E-state index contributed by atoms with van der Waals surface area (Å²) in [4.78, 5) is 12.4. The van der Waals surface area contributed by atoms with E-state index in [0.29, 0.717) is 5.75 Å². The number of aliphatic carboxylic acids is 1. The summed E-state index contributed by atoms with van der Waals surface area (Å²) < 4.78 is 5.33. The fourth-order valence-electron chi connectivity index (χ4n) is 1.84. The smallest absolute Gasteiger partial charge is 0.323 e. The molecule has 0 atom stereocenters. The quantitative estimate of drug-likeness (QED) is 0.701. The first-order valence-corrected chi connectivity index (χ1v) is 6.39. The van der Waals surface area contributed by atoms with Crippen LogP contribution in [0.4, 0.5) is 5.69 Å². The molecule has 5 nitrogen and oxygen atoms in total. The number of hydrogen-bond donors (Lipinski definition) is 2. The topological polar surface area (TPSA) is 61.8 Å². The van der Waals surface area contributed by atoms with E-state index >= 15 is 0 Å². The van der Waals surface area contributed by atoms with Crippen LogP contribution in [-0.4, -0.2) is 38.3 Å². The van der Waals surface area contributed by atoms with Gasteiger partial charge in [-0.05, 0) is 30.7 Å². The number of likely N-dealkylation sites (N-methyl/N-ethyl adjacent to an activating group) is 1. The Morgan fingerprint density at radius 3 is 2.79 bits per heavy atom. The zero-order valence-corrected chi connectivity index (χ0v) is 11.8. The molecular formula is C14H22N2O3. The molecule has 0 bridgehead atoms. The van der Waals surface area contributed by atoms with Crippen LogP contribution in [0.15, 0.2) is 18.2 Å². The summed E-state index contributed by atoms with van der Waals surface area (Å²) in [5.41, 5.74) is 1.90. The van der Waals surface area contributed by atoms with Crippen molar-refractivity contribution in [2.24, 2.45) is 0 Å². The second-order valence-electron chi connectivity index (χ2n) is 4.43. The Labute approximate surface area is 114 Å². The van der Waals surface area contributed by atoms with E-state index in [0.717, 1.165) is 30.8 Å². The normalized spacial score (nSPS) is 10.3. The number of carbonyl (C=O) groups is 1. The van der Waals surface area contributed by atoms with Crippen LogP contribution in [0.5, 0.6) is 5.75 Å². The molecule has 0 fully saturated rings. The van der Waals surface area contributed by atoms with E-state index < -0.39 is 5.97 Å². The molecule has 0 radical (unpaired) electrons. The number of carboxylic acid groups (broad SMARTS) is 1. The van der Waals surface area contributed by atoms with Gasteiger partial charge < -0.3 is 20.1 Å². The number of nitrogens with zero attached hydrogens (tertiary/aromatic N) is 1.